The number of rotatable bonds is 5. The summed E-state index contributed by atoms with van der Waals surface area (Å²) >= 11 is 3.54. The van der Waals surface area contributed by atoms with Crippen molar-refractivity contribution in [1.82, 2.24) is 4.98 Å². The molecule has 0 fully saturated rings. The normalized spacial score (nSPS) is 12.4. The van der Waals surface area contributed by atoms with E-state index in [9.17, 15) is 4.79 Å². The summed E-state index contributed by atoms with van der Waals surface area (Å²) in [6, 6.07) is 6.08. The van der Waals surface area contributed by atoms with Gasteiger partial charge in [0.15, 0.2) is 11.5 Å². The molecule has 3 aromatic rings. The van der Waals surface area contributed by atoms with Crippen LogP contribution in [0.15, 0.2) is 22.7 Å². The van der Waals surface area contributed by atoms with E-state index in [1.807, 2.05) is 26.0 Å². The highest BCUT2D eigenvalue weighted by molar-refractivity contribution is 9.10. The van der Waals surface area contributed by atoms with Crippen molar-refractivity contribution in [1.29, 1.82) is 0 Å². The van der Waals surface area contributed by atoms with Crippen LogP contribution in [0.25, 0.3) is 21.8 Å². The second-order valence-corrected chi connectivity index (χ2v) is 7.27. The second kappa shape index (κ2) is 7.19. The predicted octanol–water partition coefficient (Wildman–Crippen LogP) is 4.90. The van der Waals surface area contributed by atoms with Crippen molar-refractivity contribution in [2.75, 3.05) is 14.2 Å². The Morgan fingerprint density at radius 1 is 1.23 bits per heavy atom. The third-order valence-corrected chi connectivity index (χ3v) is 5.05. The first-order valence-electron chi connectivity index (χ1n) is 8.38. The number of aromatic amines is 1. The smallest absolute Gasteiger partial charge is 0.302 e. The summed E-state index contributed by atoms with van der Waals surface area (Å²) in [6.45, 7) is 5.31. The van der Waals surface area contributed by atoms with Crippen molar-refractivity contribution in [2.24, 2.45) is 0 Å². The Balaban J connectivity index is 2.34. The molecule has 0 amide bonds. The van der Waals surface area contributed by atoms with Crippen LogP contribution in [0, 0.1) is 6.92 Å². The molecule has 0 spiro atoms. The number of fused-ring (bicyclic) bond motifs is 3. The third kappa shape index (κ3) is 3.14. The van der Waals surface area contributed by atoms with Gasteiger partial charge in [-0.15, -0.1) is 0 Å². The van der Waals surface area contributed by atoms with Crippen molar-refractivity contribution in [3.05, 3.63) is 33.8 Å². The molecule has 5 nitrogen and oxygen atoms in total. The summed E-state index contributed by atoms with van der Waals surface area (Å²) in [5.41, 5.74) is 4.02. The molecule has 0 aliphatic rings. The van der Waals surface area contributed by atoms with Crippen LogP contribution >= 0.6 is 15.9 Å². The molecule has 0 saturated carbocycles. The van der Waals surface area contributed by atoms with Gasteiger partial charge in [0.1, 0.15) is 6.10 Å². The number of hydrogen-bond donors (Lipinski definition) is 1. The highest BCUT2D eigenvalue weighted by Gasteiger charge is 2.23. The number of halogens is 1. The molecule has 3 rings (SSSR count). The van der Waals surface area contributed by atoms with Crippen molar-refractivity contribution in [3.8, 4) is 11.5 Å². The first-order chi connectivity index (χ1) is 12.4. The van der Waals surface area contributed by atoms with Crippen LogP contribution in [-0.2, 0) is 16.0 Å². The zero-order valence-electron chi connectivity index (χ0n) is 15.5. The summed E-state index contributed by atoms with van der Waals surface area (Å²) in [6.07, 6.45) is 0.335. The number of esters is 1. The molecule has 1 aromatic heterocycles. The molecule has 0 unspecified atom stereocenters. The molecule has 0 bridgehead atoms. The third-order valence-electron chi connectivity index (χ3n) is 4.56. The fraction of sp³-hybridized carbons (Fsp3) is 0.350. The molecule has 26 heavy (non-hydrogen) atoms. The summed E-state index contributed by atoms with van der Waals surface area (Å²) in [7, 11) is 3.29. The molecule has 0 aliphatic heterocycles. The zero-order valence-corrected chi connectivity index (χ0v) is 17.1. The fourth-order valence-electron chi connectivity index (χ4n) is 3.54. The summed E-state index contributed by atoms with van der Waals surface area (Å²) in [4.78, 5) is 14.8. The van der Waals surface area contributed by atoms with E-state index in [1.54, 1.807) is 14.2 Å². The Morgan fingerprint density at radius 2 is 1.92 bits per heavy atom. The molecule has 0 radical (unpaired) electrons. The number of H-pyrrole nitrogens is 1. The van der Waals surface area contributed by atoms with Crippen molar-refractivity contribution in [2.45, 2.75) is 33.3 Å². The lowest BCUT2D eigenvalue weighted by Crippen LogP contribution is -2.16. The highest BCUT2D eigenvalue weighted by Crippen LogP contribution is 2.45. The Labute approximate surface area is 160 Å². The second-order valence-electron chi connectivity index (χ2n) is 6.36. The van der Waals surface area contributed by atoms with Gasteiger partial charge in [-0.1, -0.05) is 15.9 Å². The van der Waals surface area contributed by atoms with Crippen LogP contribution in [0.5, 0.6) is 11.5 Å². The molecular weight excluding hydrogens is 398 g/mol. The maximum Gasteiger partial charge on any atom is 0.302 e. The number of hydrogen-bond acceptors (Lipinski definition) is 4. The van der Waals surface area contributed by atoms with E-state index in [1.165, 1.54) is 6.92 Å². The van der Waals surface area contributed by atoms with Crippen molar-refractivity contribution < 1.29 is 19.0 Å². The highest BCUT2D eigenvalue weighted by atomic mass is 79.9. The average Bonchev–Trinajstić information content (AvgIpc) is 2.94. The van der Waals surface area contributed by atoms with Gasteiger partial charge in [0.05, 0.1) is 25.1 Å². The molecule has 0 saturated heterocycles. The van der Waals surface area contributed by atoms with Gasteiger partial charge < -0.3 is 19.2 Å². The van der Waals surface area contributed by atoms with Gasteiger partial charge >= 0.3 is 5.97 Å². The van der Waals surface area contributed by atoms with E-state index in [-0.39, 0.29) is 12.1 Å². The topological polar surface area (TPSA) is 60.5 Å². The van der Waals surface area contributed by atoms with Crippen molar-refractivity contribution >= 4 is 43.7 Å². The zero-order chi connectivity index (χ0) is 19.0. The summed E-state index contributed by atoms with van der Waals surface area (Å²) in [5, 5.41) is 2.02. The number of ether oxygens (including phenoxy) is 3. The first kappa shape index (κ1) is 18.6. The largest absolute Gasteiger partial charge is 0.493 e. The lowest BCUT2D eigenvalue weighted by Gasteiger charge is -2.19. The number of nitrogens with one attached hydrogen (secondary N) is 1. The van der Waals surface area contributed by atoms with Crippen LogP contribution in [-0.4, -0.2) is 31.3 Å². The maximum atomic E-state index is 11.3. The van der Waals surface area contributed by atoms with E-state index < -0.39 is 0 Å². The molecule has 6 heteroatoms. The molecular formula is C20H22BrNO4. The molecule has 138 valence electrons. The van der Waals surface area contributed by atoms with Gasteiger partial charge in [0.25, 0.3) is 0 Å². The lowest BCUT2D eigenvalue weighted by molar-refractivity contribution is -0.145. The van der Waals surface area contributed by atoms with E-state index in [0.29, 0.717) is 17.9 Å². The SMILES string of the molecule is COc1c(C)c(C[C@H](C)OC(C)=O)c2[nH]c3ccc(Br)cc3c2c1OC. The van der Waals surface area contributed by atoms with E-state index in [2.05, 4.69) is 27.0 Å². The van der Waals surface area contributed by atoms with E-state index in [4.69, 9.17) is 14.2 Å². The Hall–Kier alpha value is -2.21. The minimum Gasteiger partial charge on any atom is -0.493 e. The molecule has 1 heterocycles. The van der Waals surface area contributed by atoms with E-state index in [0.717, 1.165) is 37.4 Å². The number of aromatic nitrogens is 1. The van der Waals surface area contributed by atoms with Gasteiger partial charge in [-0.2, -0.15) is 0 Å². The van der Waals surface area contributed by atoms with Gasteiger partial charge in [-0.3, -0.25) is 4.79 Å². The van der Waals surface area contributed by atoms with Gasteiger partial charge in [0, 0.05) is 34.3 Å². The van der Waals surface area contributed by atoms with Crippen molar-refractivity contribution in [3.63, 3.8) is 0 Å². The van der Waals surface area contributed by atoms with E-state index >= 15 is 0 Å². The minimum absolute atomic E-state index is 0.245. The number of benzene rings is 2. The average molecular weight is 420 g/mol. The summed E-state index contributed by atoms with van der Waals surface area (Å²) in [5.74, 6) is 1.12. The Bertz CT molecular complexity index is 993. The standard InChI is InChI=1S/C20H22BrNO4/c1-10(26-12(3)23)8-14-11(2)19(24-4)20(25-5)17-15-9-13(21)6-7-16(15)22-18(14)17/h6-7,9-10,22H,8H2,1-5H3/t10-/m0/s1. The predicted molar refractivity (Wildman–Crippen MR) is 106 cm³/mol. The van der Waals surface area contributed by atoms with Crippen LogP contribution in [0.1, 0.15) is 25.0 Å². The number of carbonyl (C=O) groups excluding carboxylic acids is 1. The first-order valence-corrected chi connectivity index (χ1v) is 9.18. The minimum atomic E-state index is -0.285. The van der Waals surface area contributed by atoms with Crippen LogP contribution in [0.2, 0.25) is 0 Å². The lowest BCUT2D eigenvalue weighted by atomic mass is 9.97. The quantitative estimate of drug-likeness (QED) is 0.597. The number of methoxy groups -OCH3 is 2. The molecule has 1 atom stereocenters. The maximum absolute atomic E-state index is 11.3. The van der Waals surface area contributed by atoms with Crippen LogP contribution < -0.4 is 9.47 Å². The van der Waals surface area contributed by atoms with Gasteiger partial charge in [-0.05, 0) is 37.6 Å². The monoisotopic (exact) mass is 419 g/mol. The van der Waals surface area contributed by atoms with Gasteiger partial charge in [0.2, 0.25) is 0 Å². The Morgan fingerprint density at radius 3 is 2.54 bits per heavy atom. The fourth-order valence-corrected chi connectivity index (χ4v) is 3.90. The number of carbonyl (C=O) groups is 1. The summed E-state index contributed by atoms with van der Waals surface area (Å²) < 4.78 is 17.7. The van der Waals surface area contributed by atoms with Crippen LogP contribution in [0.4, 0.5) is 0 Å². The Kier molecular flexibility index (Phi) is 5.14. The van der Waals surface area contributed by atoms with Gasteiger partial charge in [-0.25, -0.2) is 0 Å². The molecule has 2 aromatic carbocycles. The van der Waals surface area contributed by atoms with Crippen LogP contribution in [0.3, 0.4) is 0 Å². The molecule has 0 aliphatic carbocycles. The molecule has 1 N–H and O–H groups in total.